The molecule has 1 rings (SSSR count). The van der Waals surface area contributed by atoms with Gasteiger partial charge in [0.1, 0.15) is 0 Å². The zero-order valence-electron chi connectivity index (χ0n) is 15.4. The normalized spacial score (nSPS) is 13.9. The zero-order chi connectivity index (χ0) is 17.6. The summed E-state index contributed by atoms with van der Waals surface area (Å²) in [4.78, 5) is 2.15. The van der Waals surface area contributed by atoms with E-state index in [4.69, 9.17) is 5.73 Å². The lowest BCUT2D eigenvalue weighted by Gasteiger charge is -2.32. The first kappa shape index (κ1) is 18.9. The minimum absolute atomic E-state index is 0.0841. The van der Waals surface area contributed by atoms with Gasteiger partial charge in [0.15, 0.2) is 0 Å². The second-order valence-electron chi connectivity index (χ2n) is 6.82. The zero-order valence-corrected chi connectivity index (χ0v) is 15.4. The number of hydrogen-bond donors (Lipinski definition) is 2. The summed E-state index contributed by atoms with van der Waals surface area (Å²) in [6.45, 7) is 12.6. The van der Waals surface area contributed by atoms with Gasteiger partial charge in [-0.2, -0.15) is 0 Å². The van der Waals surface area contributed by atoms with Crippen LogP contribution in [0.2, 0.25) is 0 Å². The van der Waals surface area contributed by atoms with Gasteiger partial charge >= 0.3 is 0 Å². The SMILES string of the molecule is C=C(N)C(C(/C=C\C)=C/NC)N(C)c1ccc(C(C)(C)C)cc1. The molecule has 0 aliphatic rings. The molecule has 0 spiro atoms. The van der Waals surface area contributed by atoms with Crippen molar-refractivity contribution < 1.29 is 0 Å². The van der Waals surface area contributed by atoms with Crippen LogP contribution in [-0.4, -0.2) is 20.1 Å². The van der Waals surface area contributed by atoms with Crippen LogP contribution in [-0.2, 0) is 5.41 Å². The number of anilines is 1. The third-order valence-corrected chi connectivity index (χ3v) is 3.86. The quantitative estimate of drug-likeness (QED) is 0.782. The van der Waals surface area contributed by atoms with Crippen LogP contribution in [0.1, 0.15) is 33.3 Å². The number of nitrogens with one attached hydrogen (secondary N) is 1. The van der Waals surface area contributed by atoms with E-state index in [1.807, 2.05) is 33.3 Å². The Kier molecular flexibility index (Phi) is 6.49. The molecule has 1 aromatic carbocycles. The second-order valence-corrected chi connectivity index (χ2v) is 6.82. The molecule has 0 amide bonds. The predicted molar refractivity (Wildman–Crippen MR) is 103 cm³/mol. The molecule has 0 aliphatic heterocycles. The molecule has 0 bridgehead atoms. The molecular formula is C20H31N3. The Morgan fingerprint density at radius 3 is 2.22 bits per heavy atom. The van der Waals surface area contributed by atoms with Crippen molar-refractivity contribution in [2.45, 2.75) is 39.2 Å². The van der Waals surface area contributed by atoms with E-state index < -0.39 is 0 Å². The second kappa shape index (κ2) is 7.91. The Balaban J connectivity index is 3.18. The molecule has 0 aromatic heterocycles. The molecule has 1 atom stereocenters. The van der Waals surface area contributed by atoms with Gasteiger partial charge in [0, 0.05) is 31.7 Å². The van der Waals surface area contributed by atoms with Crippen molar-refractivity contribution in [1.29, 1.82) is 0 Å². The van der Waals surface area contributed by atoms with Crippen molar-refractivity contribution in [2.75, 3.05) is 19.0 Å². The van der Waals surface area contributed by atoms with E-state index in [1.165, 1.54) is 5.56 Å². The van der Waals surface area contributed by atoms with Gasteiger partial charge in [-0.1, -0.05) is 51.6 Å². The van der Waals surface area contributed by atoms with Crippen molar-refractivity contribution >= 4 is 5.69 Å². The maximum Gasteiger partial charge on any atom is 0.0943 e. The Labute approximate surface area is 141 Å². The predicted octanol–water partition coefficient (Wildman–Crippen LogP) is 3.94. The number of nitrogens with zero attached hydrogens (tertiary/aromatic N) is 1. The van der Waals surface area contributed by atoms with Gasteiger partial charge in [-0.15, -0.1) is 0 Å². The highest BCUT2D eigenvalue weighted by molar-refractivity contribution is 5.54. The first-order valence-electron chi connectivity index (χ1n) is 8.00. The lowest BCUT2D eigenvalue weighted by Crippen LogP contribution is -2.37. The number of likely N-dealkylation sites (N-methyl/N-ethyl adjacent to an activating group) is 1. The molecule has 0 radical (unpaired) electrons. The van der Waals surface area contributed by atoms with Gasteiger partial charge in [-0.25, -0.2) is 0 Å². The van der Waals surface area contributed by atoms with Crippen LogP contribution in [0.5, 0.6) is 0 Å². The molecule has 0 aliphatic carbocycles. The third-order valence-electron chi connectivity index (χ3n) is 3.86. The van der Waals surface area contributed by atoms with E-state index in [0.717, 1.165) is 11.3 Å². The molecule has 1 unspecified atom stereocenters. The highest BCUT2D eigenvalue weighted by atomic mass is 15.1. The van der Waals surface area contributed by atoms with Gasteiger partial charge in [0.2, 0.25) is 0 Å². The minimum atomic E-state index is -0.0841. The number of hydrogen-bond acceptors (Lipinski definition) is 3. The Morgan fingerprint density at radius 1 is 1.26 bits per heavy atom. The first-order valence-corrected chi connectivity index (χ1v) is 8.00. The summed E-state index contributed by atoms with van der Waals surface area (Å²) in [6.07, 6.45) is 6.03. The summed E-state index contributed by atoms with van der Waals surface area (Å²) in [5, 5.41) is 3.09. The van der Waals surface area contributed by atoms with Crippen LogP contribution in [0.25, 0.3) is 0 Å². The highest BCUT2D eigenvalue weighted by Crippen LogP contribution is 2.27. The fourth-order valence-electron chi connectivity index (χ4n) is 2.61. The lowest BCUT2D eigenvalue weighted by molar-refractivity contribution is 0.590. The molecule has 3 nitrogen and oxygen atoms in total. The van der Waals surface area contributed by atoms with E-state index in [9.17, 15) is 0 Å². The smallest absolute Gasteiger partial charge is 0.0943 e. The Bertz CT molecular complexity index is 574. The van der Waals surface area contributed by atoms with Crippen LogP contribution in [0.4, 0.5) is 5.69 Å². The fourth-order valence-corrected chi connectivity index (χ4v) is 2.61. The summed E-state index contributed by atoms with van der Waals surface area (Å²) in [6, 6.07) is 8.56. The highest BCUT2D eigenvalue weighted by Gasteiger charge is 2.21. The van der Waals surface area contributed by atoms with Crippen molar-refractivity contribution in [3.05, 3.63) is 66.0 Å². The van der Waals surface area contributed by atoms with E-state index in [1.54, 1.807) is 0 Å². The van der Waals surface area contributed by atoms with Crippen LogP contribution in [0, 0.1) is 0 Å². The Morgan fingerprint density at radius 2 is 1.83 bits per heavy atom. The lowest BCUT2D eigenvalue weighted by atomic mass is 9.87. The summed E-state index contributed by atoms with van der Waals surface area (Å²) >= 11 is 0. The van der Waals surface area contributed by atoms with E-state index in [-0.39, 0.29) is 11.5 Å². The van der Waals surface area contributed by atoms with E-state index in [0.29, 0.717) is 5.70 Å². The molecule has 3 N–H and O–H groups in total. The maximum atomic E-state index is 6.10. The van der Waals surface area contributed by atoms with Gasteiger partial charge in [-0.05, 0) is 35.6 Å². The molecule has 0 fully saturated rings. The molecule has 1 aromatic rings. The van der Waals surface area contributed by atoms with Crippen molar-refractivity contribution in [1.82, 2.24) is 5.32 Å². The van der Waals surface area contributed by atoms with E-state index >= 15 is 0 Å². The Hall–Kier alpha value is -2.16. The van der Waals surface area contributed by atoms with Gasteiger partial charge in [0.05, 0.1) is 6.04 Å². The van der Waals surface area contributed by atoms with Crippen LogP contribution in [0.15, 0.2) is 60.5 Å². The maximum absolute atomic E-state index is 6.10. The molecule has 126 valence electrons. The van der Waals surface area contributed by atoms with Crippen molar-refractivity contribution in [3.8, 4) is 0 Å². The number of rotatable bonds is 6. The van der Waals surface area contributed by atoms with Gasteiger partial charge in [0.25, 0.3) is 0 Å². The van der Waals surface area contributed by atoms with Crippen LogP contribution >= 0.6 is 0 Å². The summed E-state index contributed by atoms with van der Waals surface area (Å²) in [5.74, 6) is 0. The van der Waals surface area contributed by atoms with E-state index in [2.05, 4.69) is 67.9 Å². The topological polar surface area (TPSA) is 41.3 Å². The largest absolute Gasteiger partial charge is 0.401 e. The van der Waals surface area contributed by atoms with Crippen LogP contribution in [0.3, 0.4) is 0 Å². The number of benzene rings is 1. The van der Waals surface area contributed by atoms with Crippen molar-refractivity contribution in [2.24, 2.45) is 5.73 Å². The molecule has 0 saturated carbocycles. The number of nitrogens with two attached hydrogens (primary N) is 1. The molecule has 0 saturated heterocycles. The van der Waals surface area contributed by atoms with Crippen LogP contribution < -0.4 is 16.0 Å². The molecule has 3 heteroatoms. The average molecular weight is 313 g/mol. The monoisotopic (exact) mass is 313 g/mol. The molecule has 23 heavy (non-hydrogen) atoms. The van der Waals surface area contributed by atoms with Crippen molar-refractivity contribution in [3.63, 3.8) is 0 Å². The minimum Gasteiger partial charge on any atom is -0.401 e. The van der Waals surface area contributed by atoms with Gasteiger partial charge in [-0.3, -0.25) is 0 Å². The molecular weight excluding hydrogens is 282 g/mol. The standard InChI is InChI=1S/C20H31N3/c1-8-9-16(14-22-6)19(15(2)21)23(7)18-12-10-17(11-13-18)20(3,4)5/h8-14,19,22H,2,21H2,1,3-7H3/b9-8-,16-14+. The van der Waals surface area contributed by atoms with Gasteiger partial charge < -0.3 is 16.0 Å². The molecule has 0 heterocycles. The summed E-state index contributed by atoms with van der Waals surface area (Å²) in [5.41, 5.74) is 10.4. The summed E-state index contributed by atoms with van der Waals surface area (Å²) < 4.78 is 0. The first-order chi connectivity index (χ1) is 10.7. The fraction of sp³-hybridized carbons (Fsp3) is 0.400. The third kappa shape index (κ3) is 4.92. The summed E-state index contributed by atoms with van der Waals surface area (Å²) in [7, 11) is 3.93. The number of allylic oxidation sites excluding steroid dienone is 1. The average Bonchev–Trinajstić information content (AvgIpc) is 2.46.